The van der Waals surface area contributed by atoms with Crippen molar-refractivity contribution in [3.8, 4) is 0 Å². The molecule has 0 heterocycles. The molecule has 0 aliphatic rings. The average molecular weight is 244 g/mol. The van der Waals surface area contributed by atoms with Crippen LogP contribution in [0.2, 0.25) is 0 Å². The highest BCUT2D eigenvalue weighted by Gasteiger charge is 2.13. The molecule has 2 aromatic carbocycles. The van der Waals surface area contributed by atoms with Gasteiger partial charge in [-0.05, 0) is 36.8 Å². The maximum atomic E-state index is 12.7. The van der Waals surface area contributed by atoms with Crippen molar-refractivity contribution in [2.45, 2.75) is 13.0 Å². The summed E-state index contributed by atoms with van der Waals surface area (Å²) < 4.78 is 18.0. The summed E-state index contributed by atoms with van der Waals surface area (Å²) in [6.07, 6.45) is -0.330. The zero-order valence-electron chi connectivity index (χ0n) is 9.97. The lowest BCUT2D eigenvalue weighted by atomic mass is 10.1. The molecule has 0 saturated carbocycles. The second-order valence-electron chi connectivity index (χ2n) is 3.97. The summed E-state index contributed by atoms with van der Waals surface area (Å²) >= 11 is 0. The summed E-state index contributed by atoms with van der Waals surface area (Å²) in [4.78, 5) is 11.8. The number of halogens is 1. The standard InChI is InChI=1S/C15H13FO2/c1-11(12-5-3-2-4-6-12)18-15(17)13-7-9-14(16)10-8-13/h2-11H,1H3/t11-/m0/s1. The van der Waals surface area contributed by atoms with Crippen LogP contribution < -0.4 is 0 Å². The molecule has 0 fully saturated rings. The maximum Gasteiger partial charge on any atom is 0.338 e. The molecule has 0 amide bonds. The van der Waals surface area contributed by atoms with Gasteiger partial charge in [-0.1, -0.05) is 30.3 Å². The van der Waals surface area contributed by atoms with Crippen molar-refractivity contribution in [3.63, 3.8) is 0 Å². The van der Waals surface area contributed by atoms with Gasteiger partial charge in [-0.2, -0.15) is 0 Å². The Kier molecular flexibility index (Phi) is 3.72. The molecule has 92 valence electrons. The van der Waals surface area contributed by atoms with Gasteiger partial charge in [-0.3, -0.25) is 0 Å². The molecule has 0 aliphatic carbocycles. The molecule has 0 saturated heterocycles. The van der Waals surface area contributed by atoms with Gasteiger partial charge in [-0.15, -0.1) is 0 Å². The predicted octanol–water partition coefficient (Wildman–Crippen LogP) is 3.74. The second kappa shape index (κ2) is 5.45. The molecule has 2 rings (SSSR count). The number of esters is 1. The normalized spacial score (nSPS) is 11.9. The van der Waals surface area contributed by atoms with Crippen LogP contribution in [-0.4, -0.2) is 5.97 Å². The summed E-state index contributed by atoms with van der Waals surface area (Å²) in [6, 6.07) is 14.8. The largest absolute Gasteiger partial charge is 0.454 e. The van der Waals surface area contributed by atoms with Crippen LogP contribution in [0.3, 0.4) is 0 Å². The highest BCUT2D eigenvalue weighted by Crippen LogP contribution is 2.18. The summed E-state index contributed by atoms with van der Waals surface area (Å²) in [7, 11) is 0. The third kappa shape index (κ3) is 2.94. The Hall–Kier alpha value is -2.16. The first kappa shape index (κ1) is 12.3. The van der Waals surface area contributed by atoms with Crippen molar-refractivity contribution in [2.24, 2.45) is 0 Å². The first-order chi connectivity index (χ1) is 8.66. The molecule has 2 aromatic rings. The molecule has 1 atom stereocenters. The van der Waals surface area contributed by atoms with Crippen molar-refractivity contribution in [1.29, 1.82) is 0 Å². The molecule has 3 heteroatoms. The Balaban J connectivity index is 2.06. The lowest BCUT2D eigenvalue weighted by molar-refractivity contribution is 0.0338. The van der Waals surface area contributed by atoms with Crippen molar-refractivity contribution >= 4 is 5.97 Å². The molecule has 0 spiro atoms. The highest BCUT2D eigenvalue weighted by molar-refractivity contribution is 5.89. The van der Waals surface area contributed by atoms with E-state index < -0.39 is 5.97 Å². The minimum atomic E-state index is -0.452. The molecule has 0 bridgehead atoms. The number of hydrogen-bond donors (Lipinski definition) is 0. The molecule has 0 unspecified atom stereocenters. The van der Waals surface area contributed by atoms with E-state index in [4.69, 9.17) is 4.74 Å². The Morgan fingerprint density at radius 2 is 1.67 bits per heavy atom. The lowest BCUT2D eigenvalue weighted by Gasteiger charge is -2.13. The van der Waals surface area contributed by atoms with E-state index in [0.29, 0.717) is 5.56 Å². The van der Waals surface area contributed by atoms with Crippen LogP contribution in [0, 0.1) is 5.82 Å². The molecule has 0 N–H and O–H groups in total. The van der Waals surface area contributed by atoms with E-state index in [1.54, 1.807) is 6.92 Å². The monoisotopic (exact) mass is 244 g/mol. The van der Waals surface area contributed by atoms with Crippen molar-refractivity contribution in [2.75, 3.05) is 0 Å². The molecular weight excluding hydrogens is 231 g/mol. The molecule has 0 aliphatic heterocycles. The zero-order valence-corrected chi connectivity index (χ0v) is 9.97. The number of benzene rings is 2. The van der Waals surface area contributed by atoms with E-state index in [-0.39, 0.29) is 11.9 Å². The summed E-state index contributed by atoms with van der Waals surface area (Å²) in [6.45, 7) is 1.80. The van der Waals surface area contributed by atoms with Gasteiger partial charge in [0.15, 0.2) is 0 Å². The Bertz CT molecular complexity index is 520. The van der Waals surface area contributed by atoms with Crippen LogP contribution in [0.25, 0.3) is 0 Å². The maximum absolute atomic E-state index is 12.7. The van der Waals surface area contributed by atoms with Crippen LogP contribution in [0.1, 0.15) is 28.9 Å². The average Bonchev–Trinajstić information content (AvgIpc) is 2.40. The third-order valence-corrected chi connectivity index (χ3v) is 2.63. The van der Waals surface area contributed by atoms with Crippen LogP contribution in [-0.2, 0) is 4.74 Å². The Morgan fingerprint density at radius 3 is 2.28 bits per heavy atom. The molecule has 18 heavy (non-hydrogen) atoms. The fourth-order valence-electron chi connectivity index (χ4n) is 1.61. The van der Waals surface area contributed by atoms with Crippen LogP contribution >= 0.6 is 0 Å². The summed E-state index contributed by atoms with van der Waals surface area (Å²) in [5.74, 6) is -0.825. The summed E-state index contributed by atoms with van der Waals surface area (Å²) in [5, 5.41) is 0. The summed E-state index contributed by atoms with van der Waals surface area (Å²) in [5.41, 5.74) is 1.27. The van der Waals surface area contributed by atoms with Gasteiger partial charge >= 0.3 is 5.97 Å². The topological polar surface area (TPSA) is 26.3 Å². The fraction of sp³-hybridized carbons (Fsp3) is 0.133. The second-order valence-corrected chi connectivity index (χ2v) is 3.97. The number of rotatable bonds is 3. The van der Waals surface area contributed by atoms with Crippen molar-refractivity contribution in [1.82, 2.24) is 0 Å². The number of ether oxygens (including phenoxy) is 1. The SMILES string of the molecule is C[C@H](OC(=O)c1ccc(F)cc1)c1ccccc1. The lowest BCUT2D eigenvalue weighted by Crippen LogP contribution is -2.09. The molecule has 2 nitrogen and oxygen atoms in total. The number of carbonyl (C=O) groups is 1. The minimum Gasteiger partial charge on any atom is -0.454 e. The van der Waals surface area contributed by atoms with Gasteiger partial charge in [0.05, 0.1) is 5.56 Å². The fourth-order valence-corrected chi connectivity index (χ4v) is 1.61. The predicted molar refractivity (Wildman–Crippen MR) is 66.7 cm³/mol. The van der Waals surface area contributed by atoms with E-state index >= 15 is 0 Å². The Labute approximate surface area is 105 Å². The van der Waals surface area contributed by atoms with Gasteiger partial charge in [0, 0.05) is 0 Å². The third-order valence-electron chi connectivity index (χ3n) is 2.63. The first-order valence-electron chi connectivity index (χ1n) is 5.68. The van der Waals surface area contributed by atoms with Crippen LogP contribution in [0.15, 0.2) is 54.6 Å². The van der Waals surface area contributed by atoms with E-state index in [2.05, 4.69) is 0 Å². The van der Waals surface area contributed by atoms with Gasteiger partial charge in [0.2, 0.25) is 0 Å². The molecular formula is C15H13FO2. The smallest absolute Gasteiger partial charge is 0.338 e. The molecule has 0 radical (unpaired) electrons. The Morgan fingerprint density at radius 1 is 1.06 bits per heavy atom. The van der Waals surface area contributed by atoms with E-state index in [1.807, 2.05) is 30.3 Å². The number of hydrogen-bond acceptors (Lipinski definition) is 2. The van der Waals surface area contributed by atoms with Crippen molar-refractivity contribution in [3.05, 3.63) is 71.5 Å². The van der Waals surface area contributed by atoms with Gasteiger partial charge in [0.25, 0.3) is 0 Å². The first-order valence-corrected chi connectivity index (χ1v) is 5.68. The van der Waals surface area contributed by atoms with E-state index in [0.717, 1.165) is 5.56 Å². The minimum absolute atomic E-state index is 0.330. The van der Waals surface area contributed by atoms with Gasteiger partial charge in [-0.25, -0.2) is 9.18 Å². The van der Waals surface area contributed by atoms with Crippen molar-refractivity contribution < 1.29 is 13.9 Å². The van der Waals surface area contributed by atoms with Crippen LogP contribution in [0.5, 0.6) is 0 Å². The van der Waals surface area contributed by atoms with Crippen LogP contribution in [0.4, 0.5) is 4.39 Å². The zero-order chi connectivity index (χ0) is 13.0. The van der Waals surface area contributed by atoms with E-state index in [9.17, 15) is 9.18 Å². The van der Waals surface area contributed by atoms with Gasteiger partial charge in [0.1, 0.15) is 11.9 Å². The number of carbonyl (C=O) groups excluding carboxylic acids is 1. The quantitative estimate of drug-likeness (QED) is 0.769. The van der Waals surface area contributed by atoms with E-state index in [1.165, 1.54) is 24.3 Å². The highest BCUT2D eigenvalue weighted by atomic mass is 19.1. The van der Waals surface area contributed by atoms with Gasteiger partial charge < -0.3 is 4.74 Å². The molecule has 0 aromatic heterocycles.